The van der Waals surface area contributed by atoms with E-state index in [0.29, 0.717) is 16.6 Å². The molecule has 1 saturated heterocycles. The molecular weight excluding hydrogens is 254 g/mol. The minimum atomic E-state index is -0.872. The van der Waals surface area contributed by atoms with E-state index < -0.39 is 5.97 Å². The summed E-state index contributed by atoms with van der Waals surface area (Å²) in [5.41, 5.74) is 5.50. The van der Waals surface area contributed by atoms with Crippen LogP contribution in [0.1, 0.15) is 35.4 Å². The van der Waals surface area contributed by atoms with E-state index in [4.69, 9.17) is 10.8 Å². The predicted octanol–water partition coefficient (Wildman–Crippen LogP) is 1.19. The van der Waals surface area contributed by atoms with Gasteiger partial charge in [-0.25, -0.2) is 4.98 Å². The molecule has 2 heterocycles. The molecule has 1 fully saturated rings. The van der Waals surface area contributed by atoms with Crippen LogP contribution in [0.5, 0.6) is 0 Å². The molecule has 0 bridgehead atoms. The second-order valence-electron chi connectivity index (χ2n) is 4.31. The van der Waals surface area contributed by atoms with E-state index in [-0.39, 0.29) is 18.4 Å². The largest absolute Gasteiger partial charge is 0.481 e. The lowest BCUT2D eigenvalue weighted by Crippen LogP contribution is -2.44. The zero-order valence-electron chi connectivity index (χ0n) is 9.83. The Morgan fingerprint density at radius 3 is 2.94 bits per heavy atom. The fraction of sp³-hybridized carbons (Fsp3) is 0.545. The lowest BCUT2D eigenvalue weighted by molar-refractivity contribution is -0.138. The van der Waals surface area contributed by atoms with Crippen molar-refractivity contribution in [3.05, 3.63) is 11.1 Å². The number of likely N-dealkylation sites (tertiary alicyclic amines) is 1. The molecule has 0 saturated carbocycles. The first kappa shape index (κ1) is 12.8. The second-order valence-corrected chi connectivity index (χ2v) is 5.37. The van der Waals surface area contributed by atoms with Gasteiger partial charge in [-0.05, 0) is 19.3 Å². The molecule has 0 aliphatic carbocycles. The molecular formula is C11H15N3O3S. The van der Waals surface area contributed by atoms with Crippen LogP contribution in [0.3, 0.4) is 0 Å². The lowest BCUT2D eigenvalue weighted by Gasteiger charge is -2.34. The number of anilines is 1. The Kier molecular flexibility index (Phi) is 3.81. The Labute approximate surface area is 108 Å². The van der Waals surface area contributed by atoms with Crippen LogP contribution in [0.2, 0.25) is 0 Å². The number of thiazole rings is 1. The van der Waals surface area contributed by atoms with Crippen molar-refractivity contribution in [3.63, 3.8) is 0 Å². The van der Waals surface area contributed by atoms with Crippen molar-refractivity contribution in [2.45, 2.75) is 31.7 Å². The highest BCUT2D eigenvalue weighted by atomic mass is 32.1. The molecule has 1 amide bonds. The number of carbonyl (C=O) groups is 2. The highest BCUT2D eigenvalue weighted by molar-refractivity contribution is 7.17. The monoisotopic (exact) mass is 269 g/mol. The number of carboxylic acid groups (broad SMARTS) is 1. The first-order valence-corrected chi connectivity index (χ1v) is 6.63. The summed E-state index contributed by atoms with van der Waals surface area (Å²) in [4.78, 5) is 29.0. The Balaban J connectivity index is 2.13. The van der Waals surface area contributed by atoms with Gasteiger partial charge in [0.05, 0.1) is 12.6 Å². The van der Waals surface area contributed by atoms with E-state index in [2.05, 4.69) is 4.98 Å². The molecule has 1 aromatic heterocycles. The highest BCUT2D eigenvalue weighted by Gasteiger charge is 2.29. The van der Waals surface area contributed by atoms with E-state index in [1.54, 1.807) is 4.90 Å². The first-order chi connectivity index (χ1) is 8.58. The number of carbonyl (C=O) groups excluding carboxylic acids is 1. The van der Waals surface area contributed by atoms with E-state index in [1.165, 1.54) is 6.20 Å². The summed E-state index contributed by atoms with van der Waals surface area (Å²) in [6.45, 7) is 0.606. The number of nitrogens with zero attached hydrogens (tertiary/aromatic N) is 2. The van der Waals surface area contributed by atoms with Crippen molar-refractivity contribution >= 4 is 28.3 Å². The Morgan fingerprint density at radius 1 is 1.56 bits per heavy atom. The zero-order chi connectivity index (χ0) is 13.1. The van der Waals surface area contributed by atoms with Crippen LogP contribution in [0.4, 0.5) is 5.13 Å². The predicted molar refractivity (Wildman–Crippen MR) is 67.5 cm³/mol. The zero-order valence-corrected chi connectivity index (χ0v) is 10.7. The van der Waals surface area contributed by atoms with Gasteiger partial charge < -0.3 is 15.7 Å². The van der Waals surface area contributed by atoms with Crippen LogP contribution in [0.15, 0.2) is 6.20 Å². The number of carboxylic acids is 1. The van der Waals surface area contributed by atoms with Crippen LogP contribution in [0.25, 0.3) is 0 Å². The molecule has 7 heteroatoms. The molecule has 0 unspecified atom stereocenters. The quantitative estimate of drug-likeness (QED) is 0.859. The van der Waals surface area contributed by atoms with Crippen molar-refractivity contribution in [2.75, 3.05) is 12.3 Å². The standard InChI is InChI=1S/C11H15N3O3S/c12-11-13-6-8(18-11)10(17)14-4-2-1-3-7(14)5-9(15)16/h6-7H,1-5H2,(H2,12,13)(H,15,16)/t7-/m0/s1. The average Bonchev–Trinajstić information content (AvgIpc) is 2.75. The molecule has 0 spiro atoms. The maximum absolute atomic E-state index is 12.3. The van der Waals surface area contributed by atoms with Gasteiger partial charge >= 0.3 is 5.97 Å². The van der Waals surface area contributed by atoms with Crippen LogP contribution >= 0.6 is 11.3 Å². The van der Waals surface area contributed by atoms with Gasteiger partial charge in [0.25, 0.3) is 5.91 Å². The number of rotatable bonds is 3. The highest BCUT2D eigenvalue weighted by Crippen LogP contribution is 2.24. The Bertz CT molecular complexity index is 460. The van der Waals surface area contributed by atoms with Crippen LogP contribution < -0.4 is 5.73 Å². The summed E-state index contributed by atoms with van der Waals surface area (Å²) >= 11 is 1.14. The molecule has 0 radical (unpaired) electrons. The molecule has 18 heavy (non-hydrogen) atoms. The number of hydrogen-bond acceptors (Lipinski definition) is 5. The van der Waals surface area contributed by atoms with Gasteiger partial charge in [-0.15, -0.1) is 0 Å². The lowest BCUT2D eigenvalue weighted by atomic mass is 9.99. The van der Waals surface area contributed by atoms with Crippen molar-refractivity contribution in [1.29, 1.82) is 0 Å². The number of nitrogen functional groups attached to an aromatic ring is 1. The number of piperidine rings is 1. The second kappa shape index (κ2) is 5.34. The molecule has 2 rings (SSSR count). The summed E-state index contributed by atoms with van der Waals surface area (Å²) in [6, 6.07) is -0.216. The summed E-state index contributed by atoms with van der Waals surface area (Å²) in [6.07, 6.45) is 4.07. The van der Waals surface area contributed by atoms with Crippen LogP contribution in [-0.4, -0.2) is 39.5 Å². The van der Waals surface area contributed by atoms with Gasteiger partial charge in [0, 0.05) is 12.6 Å². The molecule has 0 aromatic carbocycles. The van der Waals surface area contributed by atoms with Crippen molar-refractivity contribution in [2.24, 2.45) is 0 Å². The van der Waals surface area contributed by atoms with Gasteiger partial charge in [-0.1, -0.05) is 11.3 Å². The fourth-order valence-corrected chi connectivity index (χ4v) is 2.85. The number of aromatic nitrogens is 1. The SMILES string of the molecule is Nc1ncc(C(=O)N2CCCC[C@H]2CC(=O)O)s1. The van der Waals surface area contributed by atoms with Crippen molar-refractivity contribution < 1.29 is 14.7 Å². The van der Waals surface area contributed by atoms with Crippen molar-refractivity contribution in [1.82, 2.24) is 9.88 Å². The Morgan fingerprint density at radius 2 is 2.33 bits per heavy atom. The molecule has 1 atom stereocenters. The minimum Gasteiger partial charge on any atom is -0.481 e. The molecule has 98 valence electrons. The van der Waals surface area contributed by atoms with Crippen LogP contribution in [0, 0.1) is 0 Å². The molecule has 3 N–H and O–H groups in total. The number of aliphatic carboxylic acids is 1. The van der Waals surface area contributed by atoms with Gasteiger partial charge in [0.2, 0.25) is 0 Å². The fourth-order valence-electron chi connectivity index (χ4n) is 2.21. The molecule has 6 nitrogen and oxygen atoms in total. The van der Waals surface area contributed by atoms with E-state index in [1.807, 2.05) is 0 Å². The van der Waals surface area contributed by atoms with E-state index in [9.17, 15) is 9.59 Å². The third-order valence-corrected chi connectivity index (χ3v) is 3.85. The molecule has 1 aromatic rings. The number of hydrogen-bond donors (Lipinski definition) is 2. The Hall–Kier alpha value is -1.63. The summed E-state index contributed by atoms with van der Waals surface area (Å²) < 4.78 is 0. The van der Waals surface area contributed by atoms with Crippen molar-refractivity contribution in [3.8, 4) is 0 Å². The van der Waals surface area contributed by atoms with Gasteiger partial charge in [-0.3, -0.25) is 9.59 Å². The van der Waals surface area contributed by atoms with Gasteiger partial charge in [-0.2, -0.15) is 0 Å². The third kappa shape index (κ3) is 2.79. The smallest absolute Gasteiger partial charge is 0.305 e. The van der Waals surface area contributed by atoms with Crippen LogP contribution in [-0.2, 0) is 4.79 Å². The summed E-state index contributed by atoms with van der Waals surface area (Å²) in [5.74, 6) is -1.03. The van der Waals surface area contributed by atoms with Gasteiger partial charge in [0.1, 0.15) is 4.88 Å². The minimum absolute atomic E-state index is 0.0000257. The van der Waals surface area contributed by atoms with E-state index in [0.717, 1.165) is 30.6 Å². The first-order valence-electron chi connectivity index (χ1n) is 5.82. The summed E-state index contributed by atoms with van der Waals surface area (Å²) in [7, 11) is 0. The topological polar surface area (TPSA) is 96.5 Å². The maximum Gasteiger partial charge on any atom is 0.305 e. The number of amides is 1. The molecule has 1 aliphatic heterocycles. The average molecular weight is 269 g/mol. The normalized spacial score (nSPS) is 19.8. The molecule has 1 aliphatic rings. The summed E-state index contributed by atoms with van der Waals surface area (Å²) in [5, 5.41) is 9.22. The number of nitrogens with two attached hydrogens (primary N) is 1. The third-order valence-electron chi connectivity index (χ3n) is 3.03. The van der Waals surface area contributed by atoms with Gasteiger partial charge in [0.15, 0.2) is 5.13 Å². The maximum atomic E-state index is 12.3. The van der Waals surface area contributed by atoms with E-state index >= 15 is 0 Å².